The summed E-state index contributed by atoms with van der Waals surface area (Å²) in [5.74, 6) is 0. The Labute approximate surface area is 53.1 Å². The Morgan fingerprint density at radius 3 is 2.00 bits per heavy atom. The first-order valence-electron chi connectivity index (χ1n) is 1.11. The fourth-order valence-corrected chi connectivity index (χ4v) is 0. The van der Waals surface area contributed by atoms with Gasteiger partial charge in [0.15, 0.2) is 0 Å². The molecule has 0 N–H and O–H groups in total. The summed E-state index contributed by atoms with van der Waals surface area (Å²) in [5.41, 5.74) is 0. The molecule has 0 saturated carbocycles. The maximum Gasteiger partial charge on any atom is 0.0982 e. The van der Waals surface area contributed by atoms with E-state index in [4.69, 9.17) is 11.6 Å². The molecule has 0 spiro atoms. The molecule has 0 fully saturated rings. The molecule has 0 amide bonds. The Hall–Kier alpha value is 1.25. The van der Waals surface area contributed by atoms with Gasteiger partial charge in [-0.15, -0.1) is 11.6 Å². The molecule has 0 aliphatic heterocycles. The molecule has 0 aliphatic rings. The third kappa shape index (κ3) is 5.25. The highest BCUT2D eigenvalue weighted by molar-refractivity contribution is 9.12. The van der Waals surface area contributed by atoms with E-state index in [1.807, 2.05) is 0 Å². The molecule has 3 heteroatoms. The van der Waals surface area contributed by atoms with Gasteiger partial charge in [-0.25, -0.2) is 0 Å². The van der Waals surface area contributed by atoms with Crippen LogP contribution in [0.1, 0.15) is 0 Å². The first-order chi connectivity index (χ1) is 2.27. The van der Waals surface area contributed by atoms with Gasteiger partial charge in [0.1, 0.15) is 0 Å². The summed E-state index contributed by atoms with van der Waals surface area (Å²) >= 11 is 11.6. The van der Waals surface area contributed by atoms with E-state index in [0.29, 0.717) is 0 Å². The number of rotatable bonds is 1. The van der Waals surface area contributed by atoms with E-state index in [2.05, 4.69) is 31.9 Å². The monoisotopic (exact) mass is 220 g/mol. The van der Waals surface area contributed by atoms with Gasteiger partial charge in [0, 0.05) is 5.33 Å². The zero-order valence-corrected chi connectivity index (χ0v) is 6.35. The van der Waals surface area contributed by atoms with E-state index in [9.17, 15) is 0 Å². The van der Waals surface area contributed by atoms with Crippen molar-refractivity contribution in [2.75, 3.05) is 5.33 Å². The van der Waals surface area contributed by atoms with Crippen molar-refractivity contribution < 1.29 is 0 Å². The van der Waals surface area contributed by atoms with Crippen LogP contribution < -0.4 is 0 Å². The zero-order valence-electron chi connectivity index (χ0n) is 2.42. The van der Waals surface area contributed by atoms with Crippen molar-refractivity contribution in [2.45, 2.75) is 4.29 Å². The standard InChI is InChI=1S/C2H3Br2Cl/c3-1-2(4)5/h2H,1H2/t2-/m0/s1. The number of halogens is 3. The Morgan fingerprint density at radius 1 is 1.80 bits per heavy atom. The maximum atomic E-state index is 5.33. The predicted molar refractivity (Wildman–Crippen MR) is 32.4 cm³/mol. The molecule has 0 rings (SSSR count). The molecule has 1 atom stereocenters. The Kier molecular flexibility index (Phi) is 4.30. The minimum atomic E-state index is 0.0856. The Morgan fingerprint density at radius 2 is 2.00 bits per heavy atom. The second-order valence-electron chi connectivity index (χ2n) is 0.545. The van der Waals surface area contributed by atoms with Crippen molar-refractivity contribution >= 4 is 43.5 Å². The lowest BCUT2D eigenvalue weighted by molar-refractivity contribution is 1.49. The molecular weight excluding hydrogens is 219 g/mol. The van der Waals surface area contributed by atoms with Crippen molar-refractivity contribution in [2.24, 2.45) is 0 Å². The quantitative estimate of drug-likeness (QED) is 0.597. The molecule has 0 nitrogen and oxygen atoms in total. The molecule has 0 aromatic rings. The molecule has 0 radical (unpaired) electrons. The molecule has 0 unspecified atom stereocenters. The largest absolute Gasteiger partial charge is 0.110 e. The lowest BCUT2D eigenvalue weighted by Crippen LogP contribution is -1.80. The number of hydrogen-bond donors (Lipinski definition) is 0. The van der Waals surface area contributed by atoms with Gasteiger partial charge in [0.05, 0.1) is 4.29 Å². The van der Waals surface area contributed by atoms with E-state index in [-0.39, 0.29) is 4.29 Å². The van der Waals surface area contributed by atoms with Gasteiger partial charge in [0.25, 0.3) is 0 Å². The van der Waals surface area contributed by atoms with Crippen LogP contribution in [0.4, 0.5) is 0 Å². The van der Waals surface area contributed by atoms with Crippen LogP contribution in [0.5, 0.6) is 0 Å². The first kappa shape index (κ1) is 6.25. The van der Waals surface area contributed by atoms with Gasteiger partial charge in [0.2, 0.25) is 0 Å². The molecule has 32 valence electrons. The minimum absolute atomic E-state index is 0.0856. The molecule has 0 aromatic carbocycles. The fourth-order valence-electron chi connectivity index (χ4n) is 0. The summed E-state index contributed by atoms with van der Waals surface area (Å²) in [6, 6.07) is 0. The van der Waals surface area contributed by atoms with Crippen molar-refractivity contribution in [1.29, 1.82) is 0 Å². The fraction of sp³-hybridized carbons (Fsp3) is 1.00. The van der Waals surface area contributed by atoms with Crippen molar-refractivity contribution in [3.8, 4) is 0 Å². The van der Waals surface area contributed by atoms with Crippen LogP contribution in [0, 0.1) is 0 Å². The Balaban J connectivity index is 2.54. The summed E-state index contributed by atoms with van der Waals surface area (Å²) in [5, 5.41) is 0.800. The molecular formula is C2H3Br2Cl. The van der Waals surface area contributed by atoms with Gasteiger partial charge >= 0.3 is 0 Å². The van der Waals surface area contributed by atoms with E-state index in [1.54, 1.807) is 0 Å². The first-order valence-corrected chi connectivity index (χ1v) is 3.59. The maximum absolute atomic E-state index is 5.33. The average Bonchev–Trinajstić information content (AvgIpc) is 1.38. The van der Waals surface area contributed by atoms with Gasteiger partial charge in [-0.3, -0.25) is 0 Å². The molecule has 0 bridgehead atoms. The van der Waals surface area contributed by atoms with Gasteiger partial charge < -0.3 is 0 Å². The van der Waals surface area contributed by atoms with Crippen LogP contribution >= 0.6 is 43.5 Å². The summed E-state index contributed by atoms with van der Waals surface area (Å²) in [6.07, 6.45) is 0. The Bertz CT molecular complexity index is 21.6. The van der Waals surface area contributed by atoms with E-state index < -0.39 is 0 Å². The summed E-state index contributed by atoms with van der Waals surface area (Å²) in [4.78, 5) is 0. The van der Waals surface area contributed by atoms with Crippen LogP contribution in [0.15, 0.2) is 0 Å². The summed E-state index contributed by atoms with van der Waals surface area (Å²) in [7, 11) is 0. The topological polar surface area (TPSA) is 0 Å². The highest BCUT2D eigenvalue weighted by Crippen LogP contribution is 2.06. The average molecular weight is 222 g/mol. The molecule has 0 aromatic heterocycles. The molecule has 0 saturated heterocycles. The van der Waals surface area contributed by atoms with E-state index in [0.717, 1.165) is 5.33 Å². The molecule has 0 aliphatic carbocycles. The van der Waals surface area contributed by atoms with Crippen molar-refractivity contribution in [3.63, 3.8) is 0 Å². The summed E-state index contributed by atoms with van der Waals surface area (Å²) in [6.45, 7) is 0. The smallest absolute Gasteiger partial charge is 0.0982 e. The third-order valence-electron chi connectivity index (χ3n) is 0.117. The SMILES string of the molecule is Cl[C@H](Br)CBr. The number of hydrogen-bond acceptors (Lipinski definition) is 0. The second-order valence-corrected chi connectivity index (χ2v) is 3.35. The minimum Gasteiger partial charge on any atom is -0.110 e. The zero-order chi connectivity index (χ0) is 4.28. The van der Waals surface area contributed by atoms with Crippen LogP contribution in [0.25, 0.3) is 0 Å². The predicted octanol–water partition coefficient (Wildman–Crippen LogP) is 2.34. The highest BCUT2D eigenvalue weighted by Gasteiger charge is 1.87. The summed E-state index contributed by atoms with van der Waals surface area (Å²) < 4.78 is 0.0856. The molecule has 0 heterocycles. The van der Waals surface area contributed by atoms with Gasteiger partial charge in [-0.2, -0.15) is 0 Å². The van der Waals surface area contributed by atoms with Crippen LogP contribution in [-0.2, 0) is 0 Å². The van der Waals surface area contributed by atoms with Gasteiger partial charge in [-0.05, 0) is 0 Å². The second kappa shape index (κ2) is 3.44. The van der Waals surface area contributed by atoms with Crippen molar-refractivity contribution in [1.82, 2.24) is 0 Å². The van der Waals surface area contributed by atoms with E-state index in [1.165, 1.54) is 0 Å². The lowest BCUT2D eigenvalue weighted by atomic mass is 11.0. The third-order valence-corrected chi connectivity index (χ3v) is 2.48. The van der Waals surface area contributed by atoms with E-state index >= 15 is 0 Å². The van der Waals surface area contributed by atoms with Crippen LogP contribution in [0.2, 0.25) is 0 Å². The highest BCUT2D eigenvalue weighted by atomic mass is 79.9. The van der Waals surface area contributed by atoms with Gasteiger partial charge in [-0.1, -0.05) is 31.9 Å². The van der Waals surface area contributed by atoms with Crippen LogP contribution in [-0.4, -0.2) is 9.62 Å². The number of alkyl halides is 3. The lowest BCUT2D eigenvalue weighted by Gasteiger charge is -1.83. The molecule has 5 heavy (non-hydrogen) atoms. The van der Waals surface area contributed by atoms with Crippen LogP contribution in [0.3, 0.4) is 0 Å². The normalized spacial score (nSPS) is 15.0. The van der Waals surface area contributed by atoms with Crippen molar-refractivity contribution in [3.05, 3.63) is 0 Å².